The summed E-state index contributed by atoms with van der Waals surface area (Å²) in [7, 11) is 0. The molecule has 2 atom stereocenters. The largest absolute Gasteiger partial charge is 0.391 e. The summed E-state index contributed by atoms with van der Waals surface area (Å²) in [5.41, 5.74) is 4.90. The number of nitrogens with two attached hydrogens (primary N) is 1. The molecule has 0 heterocycles. The molecule has 0 saturated carbocycles. The summed E-state index contributed by atoms with van der Waals surface area (Å²) >= 11 is 2.99. The Bertz CT molecular complexity index is 394. The van der Waals surface area contributed by atoms with Gasteiger partial charge in [0, 0.05) is 10.0 Å². The first-order valence-electron chi connectivity index (χ1n) is 5.22. The fourth-order valence-electron chi connectivity index (χ4n) is 1.57. The van der Waals surface area contributed by atoms with Crippen molar-refractivity contribution in [1.29, 1.82) is 0 Å². The molecule has 1 aromatic rings. The summed E-state index contributed by atoms with van der Waals surface area (Å²) in [5, 5.41) is 9.96. The van der Waals surface area contributed by atoms with E-state index in [1.54, 1.807) is 20.8 Å². The lowest BCUT2D eigenvalue weighted by Crippen LogP contribution is -2.38. The molecule has 1 rings (SSSR count). The molecule has 0 aliphatic carbocycles. The molecule has 0 spiro atoms. The average Bonchev–Trinajstić information content (AvgIpc) is 2.13. The number of hydrogen-bond donors (Lipinski definition) is 2. The lowest BCUT2D eigenvalue weighted by atomic mass is 9.82. The van der Waals surface area contributed by atoms with Gasteiger partial charge in [0.15, 0.2) is 0 Å². The van der Waals surface area contributed by atoms with Gasteiger partial charge in [-0.3, -0.25) is 0 Å². The first-order valence-corrected chi connectivity index (χ1v) is 6.02. The van der Waals surface area contributed by atoms with Crippen LogP contribution in [0, 0.1) is 17.0 Å². The average molecular weight is 308 g/mol. The van der Waals surface area contributed by atoms with Gasteiger partial charge in [-0.1, -0.05) is 36.7 Å². The fraction of sp³-hybridized carbons (Fsp3) is 0.500. The van der Waals surface area contributed by atoms with E-state index in [1.165, 1.54) is 0 Å². The molecule has 0 amide bonds. The molecule has 17 heavy (non-hydrogen) atoms. The van der Waals surface area contributed by atoms with Crippen molar-refractivity contribution in [2.24, 2.45) is 11.1 Å². The van der Waals surface area contributed by atoms with Gasteiger partial charge in [0.2, 0.25) is 0 Å². The van der Waals surface area contributed by atoms with Crippen LogP contribution in [0.5, 0.6) is 0 Å². The summed E-state index contributed by atoms with van der Waals surface area (Å²) in [6, 6.07) is 1.17. The van der Waals surface area contributed by atoms with Gasteiger partial charge in [0.1, 0.15) is 11.6 Å². The van der Waals surface area contributed by atoms with Crippen LogP contribution in [0.25, 0.3) is 0 Å². The van der Waals surface area contributed by atoms with E-state index in [4.69, 9.17) is 5.73 Å². The molecule has 3 N–H and O–H groups in total. The van der Waals surface area contributed by atoms with Crippen molar-refractivity contribution in [2.45, 2.75) is 32.9 Å². The second-order valence-electron chi connectivity index (χ2n) is 5.12. The van der Waals surface area contributed by atoms with E-state index in [9.17, 15) is 13.9 Å². The van der Waals surface area contributed by atoms with Gasteiger partial charge in [-0.25, -0.2) is 8.78 Å². The van der Waals surface area contributed by atoms with Crippen molar-refractivity contribution in [3.05, 3.63) is 33.8 Å². The summed E-state index contributed by atoms with van der Waals surface area (Å²) < 4.78 is 27.6. The van der Waals surface area contributed by atoms with Gasteiger partial charge in [-0.05, 0) is 17.5 Å². The fourth-order valence-corrected chi connectivity index (χ4v) is 1.97. The van der Waals surface area contributed by atoms with Gasteiger partial charge in [-0.15, -0.1) is 0 Å². The normalized spacial score (nSPS) is 15.8. The van der Waals surface area contributed by atoms with Crippen molar-refractivity contribution in [3.63, 3.8) is 0 Å². The Morgan fingerprint density at radius 2 is 1.65 bits per heavy atom. The minimum absolute atomic E-state index is 0.282. The van der Waals surface area contributed by atoms with E-state index in [0.717, 1.165) is 12.1 Å². The van der Waals surface area contributed by atoms with E-state index in [1.807, 2.05) is 0 Å². The van der Waals surface area contributed by atoms with Crippen molar-refractivity contribution in [3.8, 4) is 0 Å². The van der Waals surface area contributed by atoms with Crippen LogP contribution in [0.15, 0.2) is 16.6 Å². The second kappa shape index (κ2) is 5.00. The third-order valence-electron chi connectivity index (χ3n) is 2.60. The zero-order valence-electron chi connectivity index (χ0n) is 9.97. The number of benzene rings is 1. The van der Waals surface area contributed by atoms with Crippen molar-refractivity contribution >= 4 is 15.9 Å². The van der Waals surface area contributed by atoms with Gasteiger partial charge in [-0.2, -0.15) is 0 Å². The predicted molar refractivity (Wildman–Crippen MR) is 66.4 cm³/mol. The van der Waals surface area contributed by atoms with Crippen molar-refractivity contribution in [2.75, 3.05) is 0 Å². The first kappa shape index (κ1) is 14.5. The summed E-state index contributed by atoms with van der Waals surface area (Å²) in [6.45, 7) is 5.27. The van der Waals surface area contributed by atoms with Crippen LogP contribution in [-0.4, -0.2) is 11.2 Å². The molecule has 2 nitrogen and oxygen atoms in total. The highest BCUT2D eigenvalue weighted by atomic mass is 79.9. The maximum atomic E-state index is 13.6. The summed E-state index contributed by atoms with van der Waals surface area (Å²) in [5.74, 6) is -1.51. The maximum Gasteiger partial charge on any atom is 0.132 e. The Labute approximate surface area is 108 Å². The number of halogens is 3. The Balaban J connectivity index is 3.17. The third kappa shape index (κ3) is 3.24. The maximum absolute atomic E-state index is 13.6. The molecule has 0 fully saturated rings. The van der Waals surface area contributed by atoms with Crippen LogP contribution in [0.4, 0.5) is 8.78 Å². The van der Waals surface area contributed by atoms with E-state index in [2.05, 4.69) is 15.9 Å². The van der Waals surface area contributed by atoms with E-state index >= 15 is 0 Å². The SMILES string of the molecule is CC(C)(C)[C@H](O)[C@H](N)c1c(F)cc(Br)cc1F. The van der Waals surface area contributed by atoms with Gasteiger partial charge < -0.3 is 10.8 Å². The van der Waals surface area contributed by atoms with Crippen LogP contribution in [0.2, 0.25) is 0 Å². The minimum atomic E-state index is -1.09. The van der Waals surface area contributed by atoms with Crippen LogP contribution in [0.3, 0.4) is 0 Å². The van der Waals surface area contributed by atoms with Gasteiger partial charge in [0.05, 0.1) is 12.1 Å². The number of hydrogen-bond acceptors (Lipinski definition) is 2. The molecule has 0 saturated heterocycles. The highest BCUT2D eigenvalue weighted by Gasteiger charge is 2.32. The Hall–Kier alpha value is -0.520. The Kier molecular flexibility index (Phi) is 4.28. The first-order chi connectivity index (χ1) is 7.64. The topological polar surface area (TPSA) is 46.2 Å². The number of rotatable bonds is 2. The highest BCUT2D eigenvalue weighted by molar-refractivity contribution is 9.10. The quantitative estimate of drug-likeness (QED) is 0.882. The smallest absolute Gasteiger partial charge is 0.132 e. The predicted octanol–water partition coefficient (Wildman–Crippen LogP) is 3.13. The molecule has 0 aliphatic heterocycles. The van der Waals surface area contributed by atoms with Crippen molar-refractivity contribution in [1.82, 2.24) is 0 Å². The molecular weight excluding hydrogens is 292 g/mol. The molecule has 0 unspecified atom stereocenters. The molecule has 5 heteroatoms. The molecule has 1 aromatic carbocycles. The monoisotopic (exact) mass is 307 g/mol. The van der Waals surface area contributed by atoms with E-state index in [-0.39, 0.29) is 5.56 Å². The number of aliphatic hydroxyl groups excluding tert-OH is 1. The van der Waals surface area contributed by atoms with Crippen LogP contribution >= 0.6 is 15.9 Å². The molecule has 0 aromatic heterocycles. The zero-order valence-corrected chi connectivity index (χ0v) is 11.6. The second-order valence-corrected chi connectivity index (χ2v) is 6.04. The Morgan fingerprint density at radius 3 is 2.00 bits per heavy atom. The molecule has 0 aliphatic rings. The summed E-state index contributed by atoms with van der Waals surface area (Å²) in [6.07, 6.45) is -1.03. The van der Waals surface area contributed by atoms with Crippen molar-refractivity contribution < 1.29 is 13.9 Å². The van der Waals surface area contributed by atoms with E-state index < -0.39 is 29.2 Å². The molecule has 0 radical (unpaired) electrons. The van der Waals surface area contributed by atoms with Gasteiger partial charge in [0.25, 0.3) is 0 Å². The molecular formula is C12H16BrF2NO. The minimum Gasteiger partial charge on any atom is -0.391 e. The summed E-state index contributed by atoms with van der Waals surface area (Å²) in [4.78, 5) is 0. The van der Waals surface area contributed by atoms with Gasteiger partial charge >= 0.3 is 0 Å². The lowest BCUT2D eigenvalue weighted by molar-refractivity contribution is 0.0381. The third-order valence-corrected chi connectivity index (χ3v) is 3.06. The van der Waals surface area contributed by atoms with E-state index in [0.29, 0.717) is 4.47 Å². The van der Waals surface area contributed by atoms with Crippen LogP contribution in [-0.2, 0) is 0 Å². The lowest BCUT2D eigenvalue weighted by Gasteiger charge is -2.31. The number of aliphatic hydroxyl groups is 1. The van der Waals surface area contributed by atoms with Crippen LogP contribution in [0.1, 0.15) is 32.4 Å². The molecule has 96 valence electrons. The van der Waals surface area contributed by atoms with Crippen LogP contribution < -0.4 is 5.73 Å². The Morgan fingerprint density at radius 1 is 1.24 bits per heavy atom. The standard InChI is InChI=1S/C12H16BrF2NO/c1-12(2,3)11(17)10(16)9-7(14)4-6(13)5-8(9)15/h4-5,10-11,17H,16H2,1-3H3/t10-,11-/m1/s1. The molecule has 0 bridgehead atoms. The highest BCUT2D eigenvalue weighted by Crippen LogP contribution is 2.32. The zero-order chi connectivity index (χ0) is 13.4.